The number of fused-ring (bicyclic) bond motifs is 1. The van der Waals surface area contributed by atoms with Crippen LogP contribution in [-0.4, -0.2) is 15.0 Å². The number of halogens is 2. The van der Waals surface area contributed by atoms with Crippen molar-refractivity contribution in [2.75, 3.05) is 0 Å². The normalized spacial score (nSPS) is 10.9. The SMILES string of the molecule is Fc1cc2[nH]c(-c3cccnc3)nc2cc1Br. The van der Waals surface area contributed by atoms with Crippen LogP contribution in [0.15, 0.2) is 41.1 Å². The zero-order chi connectivity index (χ0) is 11.8. The van der Waals surface area contributed by atoms with Crippen LogP contribution in [0.1, 0.15) is 0 Å². The molecule has 2 heterocycles. The maximum atomic E-state index is 13.4. The Balaban J connectivity index is 2.21. The fourth-order valence-electron chi connectivity index (χ4n) is 1.64. The van der Waals surface area contributed by atoms with E-state index in [1.807, 2.05) is 12.1 Å². The van der Waals surface area contributed by atoms with Gasteiger partial charge in [0.1, 0.15) is 11.6 Å². The topological polar surface area (TPSA) is 41.6 Å². The van der Waals surface area contributed by atoms with Crippen molar-refractivity contribution in [3.8, 4) is 11.4 Å². The zero-order valence-electron chi connectivity index (χ0n) is 8.61. The van der Waals surface area contributed by atoms with Crippen molar-refractivity contribution >= 4 is 27.0 Å². The highest BCUT2D eigenvalue weighted by molar-refractivity contribution is 9.10. The van der Waals surface area contributed by atoms with Crippen molar-refractivity contribution in [2.45, 2.75) is 0 Å². The van der Waals surface area contributed by atoms with Crippen LogP contribution in [-0.2, 0) is 0 Å². The Morgan fingerprint density at radius 3 is 2.94 bits per heavy atom. The van der Waals surface area contributed by atoms with E-state index in [2.05, 4.69) is 30.9 Å². The number of hydrogen-bond donors (Lipinski definition) is 1. The minimum absolute atomic E-state index is 0.307. The third kappa shape index (κ3) is 1.82. The highest BCUT2D eigenvalue weighted by atomic mass is 79.9. The Hall–Kier alpha value is -1.75. The fraction of sp³-hybridized carbons (Fsp3) is 0. The molecule has 0 aliphatic heterocycles. The van der Waals surface area contributed by atoms with Gasteiger partial charge in [0.25, 0.3) is 0 Å². The Morgan fingerprint density at radius 1 is 1.29 bits per heavy atom. The zero-order valence-corrected chi connectivity index (χ0v) is 10.2. The van der Waals surface area contributed by atoms with E-state index < -0.39 is 0 Å². The van der Waals surface area contributed by atoms with Crippen molar-refractivity contribution in [1.29, 1.82) is 0 Å². The molecule has 1 N–H and O–H groups in total. The van der Waals surface area contributed by atoms with Gasteiger partial charge in [-0.05, 0) is 34.1 Å². The second-order valence-electron chi connectivity index (χ2n) is 3.61. The molecule has 5 heteroatoms. The van der Waals surface area contributed by atoms with Crippen LogP contribution in [0, 0.1) is 5.82 Å². The number of aromatic amines is 1. The average molecular weight is 292 g/mol. The first-order valence-electron chi connectivity index (χ1n) is 4.99. The van der Waals surface area contributed by atoms with Gasteiger partial charge in [-0.25, -0.2) is 9.37 Å². The lowest BCUT2D eigenvalue weighted by Gasteiger charge is -1.92. The molecule has 2 aromatic heterocycles. The van der Waals surface area contributed by atoms with Crippen LogP contribution >= 0.6 is 15.9 Å². The van der Waals surface area contributed by atoms with E-state index >= 15 is 0 Å². The van der Waals surface area contributed by atoms with Gasteiger partial charge < -0.3 is 4.98 Å². The third-order valence-electron chi connectivity index (χ3n) is 2.46. The van der Waals surface area contributed by atoms with Gasteiger partial charge in [0.05, 0.1) is 15.5 Å². The molecule has 0 spiro atoms. The Kier molecular flexibility index (Phi) is 2.40. The van der Waals surface area contributed by atoms with E-state index in [1.165, 1.54) is 6.07 Å². The number of nitrogens with one attached hydrogen (secondary N) is 1. The van der Waals surface area contributed by atoms with E-state index in [4.69, 9.17) is 0 Å². The van der Waals surface area contributed by atoms with Gasteiger partial charge in [0.2, 0.25) is 0 Å². The quantitative estimate of drug-likeness (QED) is 0.745. The molecule has 17 heavy (non-hydrogen) atoms. The molecule has 84 valence electrons. The predicted octanol–water partition coefficient (Wildman–Crippen LogP) is 3.53. The highest BCUT2D eigenvalue weighted by Gasteiger charge is 2.08. The summed E-state index contributed by atoms with van der Waals surface area (Å²) < 4.78 is 13.8. The average Bonchev–Trinajstić information content (AvgIpc) is 2.74. The van der Waals surface area contributed by atoms with Crippen molar-refractivity contribution in [3.05, 3.63) is 46.9 Å². The van der Waals surface area contributed by atoms with Crippen LogP contribution in [0.5, 0.6) is 0 Å². The molecular weight excluding hydrogens is 285 g/mol. The second-order valence-corrected chi connectivity index (χ2v) is 4.46. The van der Waals surface area contributed by atoms with Crippen molar-refractivity contribution < 1.29 is 4.39 Å². The van der Waals surface area contributed by atoms with Crippen molar-refractivity contribution in [1.82, 2.24) is 15.0 Å². The first-order chi connectivity index (χ1) is 8.24. The number of imidazole rings is 1. The van der Waals surface area contributed by atoms with Gasteiger partial charge >= 0.3 is 0 Å². The number of benzene rings is 1. The molecule has 0 radical (unpaired) electrons. The summed E-state index contributed by atoms with van der Waals surface area (Å²) in [7, 11) is 0. The van der Waals surface area contributed by atoms with Gasteiger partial charge in [0.15, 0.2) is 0 Å². The standard InChI is InChI=1S/C12H7BrFN3/c13-8-4-10-11(5-9(8)14)17-12(16-10)7-2-1-3-15-6-7/h1-6H,(H,16,17). The molecule has 0 saturated heterocycles. The van der Waals surface area contributed by atoms with E-state index in [-0.39, 0.29) is 5.82 Å². The molecular formula is C12H7BrFN3. The number of rotatable bonds is 1. The maximum absolute atomic E-state index is 13.4. The van der Waals surface area contributed by atoms with E-state index in [1.54, 1.807) is 18.5 Å². The van der Waals surface area contributed by atoms with Gasteiger partial charge in [0, 0.05) is 24.0 Å². The predicted molar refractivity (Wildman–Crippen MR) is 67.0 cm³/mol. The summed E-state index contributed by atoms with van der Waals surface area (Å²) in [6.07, 6.45) is 3.41. The minimum Gasteiger partial charge on any atom is -0.338 e. The van der Waals surface area contributed by atoms with Crippen LogP contribution < -0.4 is 0 Å². The molecule has 0 bridgehead atoms. The molecule has 0 aliphatic rings. The second kappa shape index (κ2) is 3.92. The third-order valence-corrected chi connectivity index (χ3v) is 3.07. The Bertz CT molecular complexity index is 640. The smallest absolute Gasteiger partial charge is 0.140 e. The lowest BCUT2D eigenvalue weighted by Crippen LogP contribution is -1.80. The van der Waals surface area contributed by atoms with Gasteiger partial charge in [-0.1, -0.05) is 0 Å². The maximum Gasteiger partial charge on any atom is 0.140 e. The van der Waals surface area contributed by atoms with Gasteiger partial charge in [-0.2, -0.15) is 0 Å². The summed E-state index contributed by atoms with van der Waals surface area (Å²) in [5, 5.41) is 0. The molecule has 0 unspecified atom stereocenters. The van der Waals surface area contributed by atoms with Gasteiger partial charge in [-0.15, -0.1) is 0 Å². The number of nitrogens with zero attached hydrogens (tertiary/aromatic N) is 2. The summed E-state index contributed by atoms with van der Waals surface area (Å²) >= 11 is 3.14. The largest absolute Gasteiger partial charge is 0.338 e. The van der Waals surface area contributed by atoms with E-state index in [9.17, 15) is 4.39 Å². The van der Waals surface area contributed by atoms with Crippen LogP contribution in [0.4, 0.5) is 4.39 Å². The summed E-state index contributed by atoms with van der Waals surface area (Å²) in [5.41, 5.74) is 2.27. The first-order valence-corrected chi connectivity index (χ1v) is 5.78. The Labute approximate surface area is 105 Å². The Morgan fingerprint density at radius 2 is 2.18 bits per heavy atom. The van der Waals surface area contributed by atoms with E-state index in [0.717, 1.165) is 11.1 Å². The molecule has 3 rings (SSSR count). The molecule has 0 amide bonds. The molecule has 0 saturated carbocycles. The first kappa shape index (κ1) is 10.4. The number of hydrogen-bond acceptors (Lipinski definition) is 2. The van der Waals surface area contributed by atoms with Crippen LogP contribution in [0.25, 0.3) is 22.4 Å². The summed E-state index contributed by atoms with van der Waals surface area (Å²) in [6.45, 7) is 0. The van der Waals surface area contributed by atoms with Crippen molar-refractivity contribution in [2.24, 2.45) is 0 Å². The molecule has 0 atom stereocenters. The molecule has 3 aromatic rings. The summed E-state index contributed by atoms with van der Waals surface area (Å²) in [6, 6.07) is 6.81. The van der Waals surface area contributed by atoms with Crippen molar-refractivity contribution in [3.63, 3.8) is 0 Å². The molecule has 1 aromatic carbocycles. The van der Waals surface area contributed by atoms with Crippen LogP contribution in [0.2, 0.25) is 0 Å². The van der Waals surface area contributed by atoms with Gasteiger partial charge in [-0.3, -0.25) is 4.98 Å². The van der Waals surface area contributed by atoms with Crippen LogP contribution in [0.3, 0.4) is 0 Å². The molecule has 0 aliphatic carbocycles. The number of pyridine rings is 1. The summed E-state index contributed by atoms with van der Waals surface area (Å²) in [5.74, 6) is 0.379. The fourth-order valence-corrected chi connectivity index (χ4v) is 1.98. The molecule has 0 fully saturated rings. The lowest BCUT2D eigenvalue weighted by molar-refractivity contribution is 0.623. The summed E-state index contributed by atoms with van der Waals surface area (Å²) in [4.78, 5) is 11.5. The minimum atomic E-state index is -0.307. The highest BCUT2D eigenvalue weighted by Crippen LogP contribution is 2.24. The number of H-pyrrole nitrogens is 1. The lowest BCUT2D eigenvalue weighted by atomic mass is 10.3. The monoisotopic (exact) mass is 291 g/mol. The van der Waals surface area contributed by atoms with E-state index in [0.29, 0.717) is 15.8 Å². The molecule has 3 nitrogen and oxygen atoms in total. The number of aromatic nitrogens is 3.